The molecule has 142 valence electrons. The highest BCUT2D eigenvalue weighted by atomic mass is 35.5. The highest BCUT2D eigenvalue weighted by Crippen LogP contribution is 2.29. The van der Waals surface area contributed by atoms with E-state index in [1.165, 1.54) is 4.90 Å². The summed E-state index contributed by atoms with van der Waals surface area (Å²) in [5.41, 5.74) is 2.42. The number of hydrogen-bond acceptors (Lipinski definition) is 6. The smallest absolute Gasteiger partial charge is 0.321 e. The molecule has 1 unspecified atom stereocenters. The fourth-order valence-electron chi connectivity index (χ4n) is 2.74. The van der Waals surface area contributed by atoms with Crippen LogP contribution in [-0.2, 0) is 0 Å². The SMILES string of the molecule is Cc1ccc(NC(=O)N(C)C)c(-c2nc(C3CNCCN3C)no2)c1.Cl. The number of piperazine rings is 1. The fraction of sp³-hybridized carbons (Fsp3) is 0.471. The minimum Gasteiger partial charge on any atom is -0.334 e. The molecule has 1 aromatic heterocycles. The maximum Gasteiger partial charge on any atom is 0.321 e. The fourth-order valence-corrected chi connectivity index (χ4v) is 2.74. The molecule has 1 aromatic carbocycles. The number of rotatable bonds is 3. The Bertz CT molecular complexity index is 763. The van der Waals surface area contributed by atoms with Crippen LogP contribution in [0.15, 0.2) is 22.7 Å². The van der Waals surface area contributed by atoms with Crippen molar-refractivity contribution in [3.63, 3.8) is 0 Å². The maximum absolute atomic E-state index is 12.0. The summed E-state index contributed by atoms with van der Waals surface area (Å²) in [6, 6.07) is 5.59. The Morgan fingerprint density at radius 1 is 1.42 bits per heavy atom. The standard InChI is InChI=1S/C17H24N6O2.ClH/c1-11-5-6-13(19-17(24)22(2)3)12(9-11)16-20-15(21-25-16)14-10-18-7-8-23(14)4;/h5-6,9,14,18H,7-8,10H2,1-4H3,(H,19,24);1H. The summed E-state index contributed by atoms with van der Waals surface area (Å²) in [5.74, 6) is 1.06. The van der Waals surface area contributed by atoms with Crippen molar-refractivity contribution in [2.24, 2.45) is 0 Å². The second kappa shape index (κ2) is 8.48. The molecule has 2 heterocycles. The number of carbonyl (C=O) groups is 1. The molecule has 1 atom stereocenters. The summed E-state index contributed by atoms with van der Waals surface area (Å²) in [6.07, 6.45) is 0. The molecule has 8 nitrogen and oxygen atoms in total. The minimum absolute atomic E-state index is 0. The van der Waals surface area contributed by atoms with Gasteiger partial charge in [-0.3, -0.25) is 4.90 Å². The van der Waals surface area contributed by atoms with Crippen LogP contribution in [0, 0.1) is 6.92 Å². The van der Waals surface area contributed by atoms with Crippen molar-refractivity contribution in [1.82, 2.24) is 25.3 Å². The number of benzene rings is 1. The Labute approximate surface area is 159 Å². The Balaban J connectivity index is 0.00000243. The molecule has 0 spiro atoms. The van der Waals surface area contributed by atoms with Gasteiger partial charge in [0, 0.05) is 33.7 Å². The van der Waals surface area contributed by atoms with Crippen molar-refractivity contribution in [3.05, 3.63) is 29.6 Å². The van der Waals surface area contributed by atoms with Crippen molar-refractivity contribution in [2.45, 2.75) is 13.0 Å². The summed E-state index contributed by atoms with van der Waals surface area (Å²) in [4.78, 5) is 20.3. The molecular formula is C17H25ClN6O2. The molecule has 26 heavy (non-hydrogen) atoms. The zero-order valence-corrected chi connectivity index (χ0v) is 16.3. The summed E-state index contributed by atoms with van der Waals surface area (Å²) in [7, 11) is 5.44. The van der Waals surface area contributed by atoms with Crippen LogP contribution >= 0.6 is 12.4 Å². The first kappa shape index (κ1) is 20.2. The topological polar surface area (TPSA) is 86.5 Å². The van der Waals surface area contributed by atoms with Crippen LogP contribution < -0.4 is 10.6 Å². The summed E-state index contributed by atoms with van der Waals surface area (Å²) in [5, 5.41) is 10.4. The zero-order valence-electron chi connectivity index (χ0n) is 15.4. The maximum atomic E-state index is 12.0. The van der Waals surface area contributed by atoms with Gasteiger partial charge in [-0.1, -0.05) is 16.8 Å². The number of aromatic nitrogens is 2. The van der Waals surface area contributed by atoms with E-state index in [9.17, 15) is 4.79 Å². The van der Waals surface area contributed by atoms with E-state index in [1.807, 2.05) is 25.1 Å². The van der Waals surface area contributed by atoms with Crippen molar-refractivity contribution in [2.75, 3.05) is 46.1 Å². The first-order chi connectivity index (χ1) is 12.0. The van der Waals surface area contributed by atoms with Gasteiger partial charge in [-0.15, -0.1) is 12.4 Å². The summed E-state index contributed by atoms with van der Waals surface area (Å²) in [6.45, 7) is 4.66. The number of carbonyl (C=O) groups excluding carboxylic acids is 1. The van der Waals surface area contributed by atoms with Crippen LogP contribution in [0.5, 0.6) is 0 Å². The summed E-state index contributed by atoms with van der Waals surface area (Å²) >= 11 is 0. The van der Waals surface area contributed by atoms with E-state index in [4.69, 9.17) is 4.52 Å². The molecule has 0 radical (unpaired) electrons. The van der Waals surface area contributed by atoms with Crippen LogP contribution in [0.1, 0.15) is 17.4 Å². The third-order valence-electron chi connectivity index (χ3n) is 4.30. The lowest BCUT2D eigenvalue weighted by molar-refractivity contribution is 0.190. The highest BCUT2D eigenvalue weighted by molar-refractivity contribution is 5.93. The normalized spacial score (nSPS) is 17.5. The van der Waals surface area contributed by atoms with Gasteiger partial charge in [0.15, 0.2) is 5.82 Å². The number of urea groups is 1. The lowest BCUT2D eigenvalue weighted by Gasteiger charge is -2.30. The van der Waals surface area contributed by atoms with Crippen molar-refractivity contribution >= 4 is 24.1 Å². The summed E-state index contributed by atoms with van der Waals surface area (Å²) < 4.78 is 5.51. The molecule has 0 saturated carbocycles. The number of aryl methyl sites for hydroxylation is 1. The molecule has 3 rings (SSSR count). The third-order valence-corrected chi connectivity index (χ3v) is 4.30. The molecule has 1 fully saturated rings. The third kappa shape index (κ3) is 4.32. The van der Waals surface area contributed by atoms with Gasteiger partial charge in [0.05, 0.1) is 17.3 Å². The van der Waals surface area contributed by atoms with Crippen LogP contribution in [0.4, 0.5) is 10.5 Å². The van der Waals surface area contributed by atoms with E-state index in [0.717, 1.165) is 30.8 Å². The van der Waals surface area contributed by atoms with Crippen LogP contribution in [0.3, 0.4) is 0 Å². The number of nitrogens with zero attached hydrogens (tertiary/aromatic N) is 4. The van der Waals surface area contributed by atoms with Gasteiger partial charge in [0.2, 0.25) is 0 Å². The largest absolute Gasteiger partial charge is 0.334 e. The molecule has 1 aliphatic rings. The van der Waals surface area contributed by atoms with E-state index >= 15 is 0 Å². The van der Waals surface area contributed by atoms with E-state index < -0.39 is 0 Å². The van der Waals surface area contributed by atoms with E-state index in [0.29, 0.717) is 17.4 Å². The van der Waals surface area contributed by atoms with Crippen molar-refractivity contribution in [1.29, 1.82) is 0 Å². The Hall–Kier alpha value is -2.16. The lowest BCUT2D eigenvalue weighted by atomic mass is 10.1. The number of halogens is 1. The number of hydrogen-bond donors (Lipinski definition) is 2. The van der Waals surface area contributed by atoms with E-state index in [2.05, 4.69) is 32.7 Å². The van der Waals surface area contributed by atoms with Gasteiger partial charge in [-0.25, -0.2) is 4.79 Å². The van der Waals surface area contributed by atoms with E-state index in [-0.39, 0.29) is 24.5 Å². The van der Waals surface area contributed by atoms with Gasteiger partial charge in [0.1, 0.15) is 0 Å². The highest BCUT2D eigenvalue weighted by Gasteiger charge is 2.26. The molecule has 0 bridgehead atoms. The van der Waals surface area contributed by atoms with Crippen LogP contribution in [0.2, 0.25) is 0 Å². The Kier molecular flexibility index (Phi) is 6.57. The first-order valence-corrected chi connectivity index (χ1v) is 8.29. The molecular weight excluding hydrogens is 356 g/mol. The molecule has 2 amide bonds. The number of amides is 2. The number of nitrogens with one attached hydrogen (secondary N) is 2. The van der Waals surface area contributed by atoms with Crippen LogP contribution in [-0.4, -0.2) is 66.7 Å². The second-order valence-electron chi connectivity index (χ2n) is 6.53. The Morgan fingerprint density at radius 2 is 2.19 bits per heavy atom. The van der Waals surface area contributed by atoms with Crippen LogP contribution in [0.25, 0.3) is 11.5 Å². The Morgan fingerprint density at radius 3 is 2.88 bits per heavy atom. The monoisotopic (exact) mass is 380 g/mol. The second-order valence-corrected chi connectivity index (χ2v) is 6.53. The molecule has 9 heteroatoms. The number of anilines is 1. The van der Waals surface area contributed by atoms with Gasteiger partial charge in [-0.2, -0.15) is 4.98 Å². The van der Waals surface area contributed by atoms with E-state index in [1.54, 1.807) is 14.1 Å². The predicted molar refractivity (Wildman–Crippen MR) is 103 cm³/mol. The van der Waals surface area contributed by atoms with Crippen molar-refractivity contribution < 1.29 is 9.32 Å². The van der Waals surface area contributed by atoms with Gasteiger partial charge >= 0.3 is 6.03 Å². The zero-order chi connectivity index (χ0) is 18.0. The van der Waals surface area contributed by atoms with Gasteiger partial charge in [-0.05, 0) is 26.1 Å². The molecule has 0 aliphatic carbocycles. The first-order valence-electron chi connectivity index (χ1n) is 8.29. The molecule has 1 aliphatic heterocycles. The van der Waals surface area contributed by atoms with Gasteiger partial charge in [0.25, 0.3) is 5.89 Å². The molecule has 1 saturated heterocycles. The number of likely N-dealkylation sites (N-methyl/N-ethyl adjacent to an activating group) is 1. The quantitative estimate of drug-likeness (QED) is 0.848. The minimum atomic E-state index is -0.207. The van der Waals surface area contributed by atoms with Gasteiger partial charge < -0.3 is 20.1 Å². The predicted octanol–water partition coefficient (Wildman–Crippen LogP) is 2.14. The van der Waals surface area contributed by atoms with Crippen molar-refractivity contribution in [3.8, 4) is 11.5 Å². The molecule has 2 N–H and O–H groups in total. The lowest BCUT2D eigenvalue weighted by Crippen LogP contribution is -2.44. The average Bonchev–Trinajstić information content (AvgIpc) is 3.06. The molecule has 2 aromatic rings. The average molecular weight is 381 g/mol.